The zero-order valence-electron chi connectivity index (χ0n) is 11.2. The molecule has 0 aromatic carbocycles. The second-order valence-corrected chi connectivity index (χ2v) is 4.27. The van der Waals surface area contributed by atoms with E-state index >= 15 is 0 Å². The lowest BCUT2D eigenvalue weighted by atomic mass is 10.2. The van der Waals surface area contributed by atoms with Crippen LogP contribution in [0.2, 0.25) is 0 Å². The van der Waals surface area contributed by atoms with Crippen molar-refractivity contribution >= 4 is 17.6 Å². The molecule has 0 spiro atoms. The first-order valence-electron chi connectivity index (χ1n) is 5.95. The fourth-order valence-electron chi connectivity index (χ4n) is 1.60. The summed E-state index contributed by atoms with van der Waals surface area (Å²) in [5, 5.41) is 6.19. The zero-order valence-corrected chi connectivity index (χ0v) is 11.2. The Labute approximate surface area is 115 Å². The molecule has 2 aromatic heterocycles. The number of carbonyl (C=O) groups excluding carboxylic acids is 2. The van der Waals surface area contributed by atoms with Gasteiger partial charge in [0, 0.05) is 25.5 Å². The lowest BCUT2D eigenvalue weighted by Crippen LogP contribution is -2.35. The highest BCUT2D eigenvalue weighted by Gasteiger charge is 2.15. The van der Waals surface area contributed by atoms with Gasteiger partial charge < -0.3 is 14.7 Å². The molecule has 0 atom stereocenters. The molecule has 0 saturated heterocycles. The average molecular weight is 274 g/mol. The largest absolute Gasteiger partial charge is 0.360 e. The molecule has 7 nitrogen and oxygen atoms in total. The smallest absolute Gasteiger partial charge is 0.255 e. The molecular formula is C13H14N4O3. The number of hydrogen-bond donors (Lipinski definition) is 1. The number of likely N-dealkylation sites (N-methyl/N-ethyl adjacent to an activating group) is 1. The molecule has 20 heavy (non-hydrogen) atoms. The number of aryl methyl sites for hydroxylation is 1. The Balaban J connectivity index is 1.92. The Morgan fingerprint density at radius 3 is 2.85 bits per heavy atom. The van der Waals surface area contributed by atoms with E-state index in [1.165, 1.54) is 11.1 Å². The molecule has 0 saturated carbocycles. The van der Waals surface area contributed by atoms with Crippen molar-refractivity contribution in [2.45, 2.75) is 6.92 Å². The van der Waals surface area contributed by atoms with E-state index in [4.69, 9.17) is 4.52 Å². The first-order valence-corrected chi connectivity index (χ1v) is 5.95. The first-order chi connectivity index (χ1) is 9.56. The topological polar surface area (TPSA) is 88.3 Å². The Morgan fingerprint density at radius 2 is 2.25 bits per heavy atom. The summed E-state index contributed by atoms with van der Waals surface area (Å²) in [5.74, 6) is 0.303. The van der Waals surface area contributed by atoms with Crippen molar-refractivity contribution < 1.29 is 14.1 Å². The molecule has 0 aliphatic rings. The summed E-state index contributed by atoms with van der Waals surface area (Å²) in [4.78, 5) is 28.9. The maximum atomic E-state index is 12.0. The molecule has 2 heterocycles. The SMILES string of the molecule is Cc1cc(NC(=O)CN(C)C(=O)c2cccnc2)no1. The van der Waals surface area contributed by atoms with Crippen LogP contribution >= 0.6 is 0 Å². The van der Waals surface area contributed by atoms with Crippen molar-refractivity contribution in [2.75, 3.05) is 18.9 Å². The number of nitrogens with one attached hydrogen (secondary N) is 1. The molecule has 1 N–H and O–H groups in total. The number of pyridine rings is 1. The molecule has 2 aromatic rings. The average Bonchev–Trinajstić information content (AvgIpc) is 2.84. The second kappa shape index (κ2) is 5.96. The predicted molar refractivity (Wildman–Crippen MR) is 71.1 cm³/mol. The maximum Gasteiger partial charge on any atom is 0.255 e. The van der Waals surface area contributed by atoms with Gasteiger partial charge in [-0.1, -0.05) is 5.16 Å². The van der Waals surface area contributed by atoms with Crippen LogP contribution in [0, 0.1) is 6.92 Å². The van der Waals surface area contributed by atoms with Crippen LogP contribution in [-0.2, 0) is 4.79 Å². The van der Waals surface area contributed by atoms with Gasteiger partial charge in [0.25, 0.3) is 5.91 Å². The highest BCUT2D eigenvalue weighted by atomic mass is 16.5. The molecule has 0 bridgehead atoms. The van der Waals surface area contributed by atoms with E-state index in [1.807, 2.05) is 0 Å². The molecule has 0 radical (unpaired) electrons. The van der Waals surface area contributed by atoms with Crippen molar-refractivity contribution in [3.05, 3.63) is 41.9 Å². The molecular weight excluding hydrogens is 260 g/mol. The number of amides is 2. The third kappa shape index (κ3) is 3.41. The Hall–Kier alpha value is -2.70. The van der Waals surface area contributed by atoms with Gasteiger partial charge in [-0.05, 0) is 19.1 Å². The summed E-state index contributed by atoms with van der Waals surface area (Å²) < 4.78 is 4.83. The standard InChI is InChI=1S/C13H14N4O3/c1-9-6-11(16-20-9)15-12(18)8-17(2)13(19)10-4-3-5-14-7-10/h3-7H,8H2,1-2H3,(H,15,16,18). The van der Waals surface area contributed by atoms with Gasteiger partial charge in [-0.25, -0.2) is 0 Å². The number of anilines is 1. The van der Waals surface area contributed by atoms with Crippen LogP contribution < -0.4 is 5.32 Å². The van der Waals surface area contributed by atoms with Crippen LogP contribution in [0.15, 0.2) is 35.1 Å². The lowest BCUT2D eigenvalue weighted by molar-refractivity contribution is -0.116. The van der Waals surface area contributed by atoms with E-state index in [0.717, 1.165) is 0 Å². The Morgan fingerprint density at radius 1 is 1.45 bits per heavy atom. The summed E-state index contributed by atoms with van der Waals surface area (Å²) >= 11 is 0. The summed E-state index contributed by atoms with van der Waals surface area (Å²) in [6, 6.07) is 4.91. The van der Waals surface area contributed by atoms with Gasteiger partial charge in [-0.15, -0.1) is 0 Å². The molecule has 2 amide bonds. The van der Waals surface area contributed by atoms with Crippen LogP contribution in [0.1, 0.15) is 16.1 Å². The minimum atomic E-state index is -0.349. The fraction of sp³-hybridized carbons (Fsp3) is 0.231. The number of hydrogen-bond acceptors (Lipinski definition) is 5. The van der Waals surface area contributed by atoms with Crippen LogP contribution in [0.5, 0.6) is 0 Å². The Bertz CT molecular complexity index is 609. The van der Waals surface area contributed by atoms with E-state index in [1.54, 1.807) is 38.4 Å². The van der Waals surface area contributed by atoms with Gasteiger partial charge in [-0.3, -0.25) is 14.6 Å². The maximum absolute atomic E-state index is 12.0. The monoisotopic (exact) mass is 274 g/mol. The zero-order chi connectivity index (χ0) is 14.5. The lowest BCUT2D eigenvalue weighted by Gasteiger charge is -2.15. The van der Waals surface area contributed by atoms with Crippen molar-refractivity contribution in [1.82, 2.24) is 15.0 Å². The van der Waals surface area contributed by atoms with E-state index in [0.29, 0.717) is 17.1 Å². The van der Waals surface area contributed by atoms with E-state index < -0.39 is 0 Å². The second-order valence-electron chi connectivity index (χ2n) is 4.27. The number of carbonyl (C=O) groups is 2. The molecule has 0 unspecified atom stereocenters. The molecule has 0 aliphatic carbocycles. The third-order valence-corrected chi connectivity index (χ3v) is 2.53. The van der Waals surface area contributed by atoms with E-state index in [9.17, 15) is 9.59 Å². The highest BCUT2D eigenvalue weighted by molar-refractivity contribution is 5.98. The fourth-order valence-corrected chi connectivity index (χ4v) is 1.60. The van der Waals surface area contributed by atoms with E-state index in [2.05, 4.69) is 15.5 Å². The van der Waals surface area contributed by atoms with Crippen molar-refractivity contribution in [3.8, 4) is 0 Å². The van der Waals surface area contributed by atoms with Gasteiger partial charge in [0.1, 0.15) is 5.76 Å². The third-order valence-electron chi connectivity index (χ3n) is 2.53. The summed E-state index contributed by atoms with van der Waals surface area (Å²) in [6.45, 7) is 1.64. The normalized spacial score (nSPS) is 10.1. The summed E-state index contributed by atoms with van der Waals surface area (Å²) in [6.07, 6.45) is 3.04. The number of rotatable bonds is 4. The van der Waals surface area contributed by atoms with Crippen LogP contribution in [0.3, 0.4) is 0 Å². The van der Waals surface area contributed by atoms with E-state index in [-0.39, 0.29) is 18.4 Å². The molecule has 0 aliphatic heterocycles. The first kappa shape index (κ1) is 13.7. The van der Waals surface area contributed by atoms with Crippen LogP contribution in [-0.4, -0.2) is 40.4 Å². The van der Waals surface area contributed by atoms with Crippen molar-refractivity contribution in [2.24, 2.45) is 0 Å². The van der Waals surface area contributed by atoms with Crippen molar-refractivity contribution in [1.29, 1.82) is 0 Å². The molecule has 2 rings (SSSR count). The van der Waals surface area contributed by atoms with Gasteiger partial charge in [-0.2, -0.15) is 0 Å². The molecule has 104 valence electrons. The highest BCUT2D eigenvalue weighted by Crippen LogP contribution is 2.07. The molecule has 7 heteroatoms. The van der Waals surface area contributed by atoms with Gasteiger partial charge in [0.2, 0.25) is 5.91 Å². The minimum Gasteiger partial charge on any atom is -0.360 e. The Kier molecular flexibility index (Phi) is 4.09. The quantitative estimate of drug-likeness (QED) is 0.901. The molecule has 0 fully saturated rings. The minimum absolute atomic E-state index is 0.0837. The van der Waals surface area contributed by atoms with Gasteiger partial charge >= 0.3 is 0 Å². The van der Waals surface area contributed by atoms with Crippen LogP contribution in [0.4, 0.5) is 5.82 Å². The number of nitrogens with zero attached hydrogens (tertiary/aromatic N) is 3. The van der Waals surface area contributed by atoms with Gasteiger partial charge in [0.05, 0.1) is 12.1 Å². The van der Waals surface area contributed by atoms with Gasteiger partial charge in [0.15, 0.2) is 5.82 Å². The van der Waals surface area contributed by atoms with Crippen LogP contribution in [0.25, 0.3) is 0 Å². The summed E-state index contributed by atoms with van der Waals surface area (Å²) in [7, 11) is 1.54. The van der Waals surface area contributed by atoms with Crippen molar-refractivity contribution in [3.63, 3.8) is 0 Å². The number of aromatic nitrogens is 2. The predicted octanol–water partition coefficient (Wildman–Crippen LogP) is 1.09. The summed E-state index contributed by atoms with van der Waals surface area (Å²) in [5.41, 5.74) is 0.431.